The van der Waals surface area contributed by atoms with E-state index in [1.54, 1.807) is 0 Å². The first kappa shape index (κ1) is 67.5. The van der Waals surface area contributed by atoms with Crippen LogP contribution >= 0.6 is 0 Å². The molecule has 0 atom stereocenters. The molecular formula is C51H68B34N4O. The standard InChI is InChI=1S/C51H68B34N4O/c52-10-2(3-13(55)37(79)44(38(80)14(3)56)89(46-41(83)34(76)33(75)35(77)42(46)84)45-39(81)15(57)5(16(58)40(45)82)4-11(53)23(65)30(72)24(66)12(4)54)22(64)47-1(6-17(59)25(67)36(78)43(85)48(6)90-47)7(10)49-86-50(8-18(60)26(68)31(73)27(69)19(8)61)88-51(87-49)9-20(62)28(70)32(74)29(71)21(9)63/h52-85H2. The molecule has 10 rings (SSSR count). The zero-order valence-corrected chi connectivity index (χ0v) is 61.7. The summed E-state index contributed by atoms with van der Waals surface area (Å²) in [5.74, 6) is 2.05. The lowest BCUT2D eigenvalue weighted by atomic mass is 9.56. The van der Waals surface area contributed by atoms with Gasteiger partial charge in [0.15, 0.2) is 17.5 Å². The molecule has 8 aromatic carbocycles. The Labute approximate surface area is 568 Å². The van der Waals surface area contributed by atoms with Crippen LogP contribution in [0.3, 0.4) is 0 Å². The molecule has 0 radical (unpaired) electrons. The van der Waals surface area contributed by atoms with Gasteiger partial charge < -0.3 is 9.32 Å². The molecular weight excluding hydrogens is 1050 g/mol. The molecule has 0 N–H and O–H groups in total. The lowest BCUT2D eigenvalue weighted by molar-refractivity contribution is 0.675. The molecule has 400 valence electrons. The summed E-state index contributed by atoms with van der Waals surface area (Å²) in [5.41, 5.74) is 57.3. The predicted molar refractivity (Wildman–Crippen MR) is 507 cm³/mol. The van der Waals surface area contributed by atoms with Gasteiger partial charge in [-0.3, -0.25) is 0 Å². The van der Waals surface area contributed by atoms with E-state index < -0.39 is 0 Å². The average molecular weight is 1120 g/mol. The van der Waals surface area contributed by atoms with Crippen molar-refractivity contribution in [3.05, 3.63) is 0 Å². The molecule has 0 saturated carbocycles. The van der Waals surface area contributed by atoms with Crippen LogP contribution in [0.2, 0.25) is 0 Å². The lowest BCUT2D eigenvalue weighted by Crippen LogP contribution is -2.59. The smallest absolute Gasteiger partial charge is 0.164 e. The summed E-state index contributed by atoms with van der Waals surface area (Å²) in [6.45, 7) is 0. The van der Waals surface area contributed by atoms with E-state index >= 15 is 0 Å². The number of benzene rings is 8. The molecule has 10 aromatic rings. The van der Waals surface area contributed by atoms with Crippen molar-refractivity contribution in [2.24, 2.45) is 0 Å². The van der Waals surface area contributed by atoms with Gasteiger partial charge in [0.05, 0.1) is 0 Å². The van der Waals surface area contributed by atoms with Crippen molar-refractivity contribution in [1.82, 2.24) is 15.0 Å². The molecule has 0 aliphatic carbocycles. The third-order valence-corrected chi connectivity index (χ3v) is 24.6. The lowest BCUT2D eigenvalue weighted by Gasteiger charge is -2.40. The van der Waals surface area contributed by atoms with Gasteiger partial charge >= 0.3 is 0 Å². The molecule has 5 nitrogen and oxygen atoms in total. The van der Waals surface area contributed by atoms with E-state index in [0.717, 1.165) is 55.0 Å². The quantitative estimate of drug-likeness (QED) is 0.142. The number of rotatable bonds is 8. The van der Waals surface area contributed by atoms with Gasteiger partial charge in [-0.05, 0) is 27.7 Å². The number of furan rings is 1. The minimum atomic E-state index is 0.658. The van der Waals surface area contributed by atoms with E-state index in [2.05, 4.69) is 272 Å². The number of hydrogen-bond acceptors (Lipinski definition) is 5. The molecule has 90 heavy (non-hydrogen) atoms. The second kappa shape index (κ2) is 23.9. The molecule has 0 unspecified atom stereocenters. The van der Waals surface area contributed by atoms with E-state index in [1.165, 1.54) is 209 Å². The van der Waals surface area contributed by atoms with Crippen molar-refractivity contribution in [3.8, 4) is 56.4 Å². The average Bonchev–Trinajstić information content (AvgIpc) is 1.73. The van der Waals surface area contributed by atoms with Gasteiger partial charge in [-0.1, -0.05) is 120 Å². The van der Waals surface area contributed by atoms with Crippen LogP contribution in [-0.4, -0.2) is 282 Å². The van der Waals surface area contributed by atoms with E-state index in [9.17, 15) is 0 Å². The predicted octanol–water partition coefficient (Wildman–Crippen LogP) is -45.6. The fourth-order valence-electron chi connectivity index (χ4n) is 16.3. The highest BCUT2D eigenvalue weighted by molar-refractivity contribution is 6.76. The monoisotopic (exact) mass is 1130 g/mol. The van der Waals surface area contributed by atoms with Gasteiger partial charge in [-0.2, -0.15) is 0 Å². The summed E-state index contributed by atoms with van der Waals surface area (Å²) in [4.78, 5) is 20.0. The Kier molecular flexibility index (Phi) is 17.9. The Balaban J connectivity index is 1.38. The van der Waals surface area contributed by atoms with Crippen molar-refractivity contribution in [3.63, 3.8) is 0 Å². The first-order chi connectivity index (χ1) is 41.9. The first-order valence-corrected chi connectivity index (χ1v) is 32.9. The summed E-state index contributed by atoms with van der Waals surface area (Å²) in [7, 11) is 78.4. The zero-order valence-electron chi connectivity index (χ0n) is 61.7. The van der Waals surface area contributed by atoms with Gasteiger partial charge in [-0.15, -0.1) is 60.1 Å². The van der Waals surface area contributed by atoms with Crippen molar-refractivity contribution in [2.75, 3.05) is 4.90 Å². The van der Waals surface area contributed by atoms with Gasteiger partial charge in [0.1, 0.15) is 278 Å². The number of nitrogens with zero attached hydrogens (tertiary/aromatic N) is 4. The molecule has 2 aromatic heterocycles. The van der Waals surface area contributed by atoms with E-state index in [-0.39, 0.29) is 0 Å². The van der Waals surface area contributed by atoms with Crippen molar-refractivity contribution < 1.29 is 4.42 Å². The minimum absolute atomic E-state index is 0.658. The van der Waals surface area contributed by atoms with E-state index in [4.69, 9.17) is 19.4 Å². The number of fused-ring (bicyclic) bond motifs is 3. The third-order valence-electron chi connectivity index (χ3n) is 24.6. The van der Waals surface area contributed by atoms with E-state index in [0.29, 0.717) is 17.5 Å². The van der Waals surface area contributed by atoms with E-state index in [1.807, 2.05) is 0 Å². The highest BCUT2D eigenvalue weighted by atomic mass is 16.3. The van der Waals surface area contributed by atoms with Crippen LogP contribution < -0.4 is 191 Å². The molecule has 0 aliphatic rings. The van der Waals surface area contributed by atoms with Crippen molar-refractivity contribution >= 4 is 492 Å². The SMILES string of the molecule is Bc1c(B)c(B)c(-c2nc(-c3c(B)c(B)c(B)c(B)c3B)nc(-c3c(B)c(-c4c(B)c(B)c(N(c5c(B)c(B)c(B)c(B)c5B)c5c(B)c(B)c(-c6c(B)c(B)c(B)c(B)c6B)c(B)c5B)c(B)c4B)c(B)c4oc5c(B)c(B)c(B)c(B)c5c34)n2)c(B)c1B. The van der Waals surface area contributed by atoms with Gasteiger partial charge in [0.2, 0.25) is 0 Å². The largest absolute Gasteiger partial charge is 0.457 e. The normalized spacial score (nSPS) is 11.5. The van der Waals surface area contributed by atoms with Crippen LogP contribution in [0.1, 0.15) is 0 Å². The number of anilines is 3. The molecule has 0 fully saturated rings. The Hall–Kier alpha value is -5.42. The summed E-state index contributed by atoms with van der Waals surface area (Å²) in [6.07, 6.45) is 0. The Morgan fingerprint density at radius 2 is 0.367 bits per heavy atom. The van der Waals surface area contributed by atoms with Crippen LogP contribution in [0.4, 0.5) is 17.1 Å². The Morgan fingerprint density at radius 1 is 0.167 bits per heavy atom. The summed E-state index contributed by atoms with van der Waals surface area (Å²) >= 11 is 0. The Bertz CT molecular complexity index is 4710. The van der Waals surface area contributed by atoms with Crippen molar-refractivity contribution in [1.29, 1.82) is 0 Å². The zero-order chi connectivity index (χ0) is 66.9. The molecule has 0 spiro atoms. The summed E-state index contributed by atoms with van der Waals surface area (Å²) < 4.78 is 7.53. The second-order valence-electron chi connectivity index (χ2n) is 28.1. The number of hydrogen-bond donors (Lipinski definition) is 0. The van der Waals surface area contributed by atoms with Crippen LogP contribution in [0.5, 0.6) is 0 Å². The van der Waals surface area contributed by atoms with Crippen LogP contribution in [-0.2, 0) is 0 Å². The first-order valence-electron chi connectivity index (χ1n) is 32.9. The van der Waals surface area contributed by atoms with Crippen LogP contribution in [0.25, 0.3) is 78.4 Å². The fraction of sp³-hybridized carbons (Fsp3) is 0. The molecule has 39 heteroatoms. The molecule has 2 heterocycles. The highest BCUT2D eigenvalue weighted by Crippen LogP contribution is 2.36. The highest BCUT2D eigenvalue weighted by Gasteiger charge is 2.34. The molecule has 0 bridgehead atoms. The molecule has 0 aliphatic heterocycles. The fourth-order valence-corrected chi connectivity index (χ4v) is 16.3. The number of aromatic nitrogens is 3. The van der Waals surface area contributed by atoms with Crippen LogP contribution in [0, 0.1) is 0 Å². The maximum atomic E-state index is 7.53. The van der Waals surface area contributed by atoms with Crippen LogP contribution in [0.15, 0.2) is 4.42 Å². The minimum Gasteiger partial charge on any atom is -0.457 e. The van der Waals surface area contributed by atoms with Crippen molar-refractivity contribution in [2.45, 2.75) is 0 Å². The second-order valence-corrected chi connectivity index (χ2v) is 28.1. The van der Waals surface area contributed by atoms with Gasteiger partial charge in [-0.25, -0.2) is 15.0 Å². The van der Waals surface area contributed by atoms with Gasteiger partial charge in [0.25, 0.3) is 0 Å². The summed E-state index contributed by atoms with van der Waals surface area (Å²) in [5, 5.41) is 2.20. The van der Waals surface area contributed by atoms with Gasteiger partial charge in [0, 0.05) is 44.5 Å². The maximum absolute atomic E-state index is 7.53. The topological polar surface area (TPSA) is 55.1 Å². The summed E-state index contributed by atoms with van der Waals surface area (Å²) in [6, 6.07) is 0. The Morgan fingerprint density at radius 3 is 0.678 bits per heavy atom. The molecule has 0 saturated heterocycles. The third kappa shape index (κ3) is 9.65. The molecule has 0 amide bonds. The maximum Gasteiger partial charge on any atom is 0.164 e.